The lowest BCUT2D eigenvalue weighted by Crippen LogP contribution is -2.15. The molecule has 2 aliphatic carbocycles. The Bertz CT molecular complexity index is 764. The van der Waals surface area contributed by atoms with Gasteiger partial charge in [0.15, 0.2) is 0 Å². The van der Waals surface area contributed by atoms with Gasteiger partial charge in [-0.25, -0.2) is 0 Å². The van der Waals surface area contributed by atoms with Crippen LogP contribution in [0.5, 0.6) is 0 Å². The van der Waals surface area contributed by atoms with Gasteiger partial charge in [-0.1, -0.05) is 115 Å². The summed E-state index contributed by atoms with van der Waals surface area (Å²) in [5, 5.41) is 3.32. The van der Waals surface area contributed by atoms with E-state index in [1.165, 1.54) is 50.5 Å². The molecule has 4 rings (SSSR count). The second-order valence-electron chi connectivity index (χ2n) is 8.14. The Hall–Kier alpha value is -1.86. The summed E-state index contributed by atoms with van der Waals surface area (Å²) in [5.41, 5.74) is 4.86. The Morgan fingerprint density at radius 3 is 2.23 bits per heavy atom. The topological polar surface area (TPSA) is 0 Å². The number of allylic oxidation sites excluding steroid dienone is 4. The van der Waals surface area contributed by atoms with Crippen molar-refractivity contribution < 1.29 is 0 Å². The van der Waals surface area contributed by atoms with Gasteiger partial charge in [0.25, 0.3) is 0 Å². The summed E-state index contributed by atoms with van der Waals surface area (Å²) in [5.74, 6) is 0.940. The summed E-state index contributed by atoms with van der Waals surface area (Å²) in [7, 11) is -0.306. The second kappa shape index (κ2) is 8.68. The minimum absolute atomic E-state index is 0.306. The zero-order valence-corrected chi connectivity index (χ0v) is 17.2. The van der Waals surface area contributed by atoms with Crippen molar-refractivity contribution in [2.45, 2.75) is 51.4 Å². The maximum atomic E-state index is 2.59. The van der Waals surface area contributed by atoms with E-state index in [1.54, 1.807) is 21.5 Å². The predicted octanol–water partition coefficient (Wildman–Crippen LogP) is 5.28. The third-order valence-electron chi connectivity index (χ3n) is 6.04. The molecule has 1 saturated carbocycles. The normalized spacial score (nSPS) is 18.7. The SMILES string of the molecule is C1=C([SiH2]c2ccccc2)CC(CC2CCCCC2)=C1Cc1ccccc1. The van der Waals surface area contributed by atoms with Crippen molar-refractivity contribution in [3.05, 3.63) is 88.6 Å². The van der Waals surface area contributed by atoms with Crippen LogP contribution >= 0.6 is 0 Å². The lowest BCUT2D eigenvalue weighted by Gasteiger charge is -2.23. The molecule has 134 valence electrons. The van der Waals surface area contributed by atoms with Crippen molar-refractivity contribution in [3.8, 4) is 0 Å². The van der Waals surface area contributed by atoms with Crippen LogP contribution in [0.15, 0.2) is 83.1 Å². The van der Waals surface area contributed by atoms with Gasteiger partial charge in [0, 0.05) is 0 Å². The van der Waals surface area contributed by atoms with E-state index in [9.17, 15) is 0 Å². The molecular weight excluding hydrogens is 328 g/mol. The molecule has 0 amide bonds. The highest BCUT2D eigenvalue weighted by molar-refractivity contribution is 6.61. The summed E-state index contributed by atoms with van der Waals surface area (Å²) in [4.78, 5) is 0. The van der Waals surface area contributed by atoms with Crippen molar-refractivity contribution >= 4 is 14.7 Å². The van der Waals surface area contributed by atoms with Gasteiger partial charge in [0.05, 0.1) is 9.52 Å². The Morgan fingerprint density at radius 2 is 1.50 bits per heavy atom. The summed E-state index contributed by atoms with van der Waals surface area (Å²) < 4.78 is 0. The first kappa shape index (κ1) is 17.5. The highest BCUT2D eigenvalue weighted by Gasteiger charge is 2.21. The van der Waals surface area contributed by atoms with Gasteiger partial charge in [-0.05, 0) is 36.3 Å². The molecule has 2 aromatic carbocycles. The van der Waals surface area contributed by atoms with E-state index in [4.69, 9.17) is 0 Å². The number of benzene rings is 2. The van der Waals surface area contributed by atoms with Crippen molar-refractivity contribution in [3.63, 3.8) is 0 Å². The van der Waals surface area contributed by atoms with Crippen molar-refractivity contribution in [2.24, 2.45) is 5.92 Å². The molecule has 0 nitrogen and oxygen atoms in total. The number of hydrogen-bond donors (Lipinski definition) is 0. The summed E-state index contributed by atoms with van der Waals surface area (Å²) in [6, 6.07) is 22.2. The molecule has 0 heterocycles. The number of hydrogen-bond acceptors (Lipinski definition) is 0. The molecule has 0 radical (unpaired) electrons. The highest BCUT2D eigenvalue weighted by Crippen LogP contribution is 2.36. The third-order valence-corrected chi connectivity index (χ3v) is 7.83. The quantitative estimate of drug-likeness (QED) is 0.616. The van der Waals surface area contributed by atoms with Crippen molar-refractivity contribution in [1.82, 2.24) is 0 Å². The molecule has 0 atom stereocenters. The molecule has 0 aliphatic heterocycles. The maximum absolute atomic E-state index is 2.59. The minimum Gasteiger partial charge on any atom is -0.0783 e. The van der Waals surface area contributed by atoms with E-state index in [2.05, 4.69) is 66.7 Å². The Balaban J connectivity index is 1.50. The van der Waals surface area contributed by atoms with E-state index in [0.29, 0.717) is 0 Å². The largest absolute Gasteiger partial charge is 0.0828 e. The number of rotatable bonds is 6. The fourth-order valence-electron chi connectivity index (χ4n) is 4.69. The average molecular weight is 359 g/mol. The van der Waals surface area contributed by atoms with Gasteiger partial charge >= 0.3 is 0 Å². The second-order valence-corrected chi connectivity index (χ2v) is 10.2. The fraction of sp³-hybridized carbons (Fsp3) is 0.360. The Labute approximate surface area is 160 Å². The van der Waals surface area contributed by atoms with E-state index < -0.39 is 0 Å². The summed E-state index contributed by atoms with van der Waals surface area (Å²) in [6.45, 7) is 0. The molecule has 0 spiro atoms. The van der Waals surface area contributed by atoms with Crippen LogP contribution in [0, 0.1) is 5.92 Å². The molecular formula is C25H30Si. The van der Waals surface area contributed by atoms with Gasteiger partial charge in [0.2, 0.25) is 0 Å². The molecule has 1 fully saturated rings. The Morgan fingerprint density at radius 1 is 0.808 bits per heavy atom. The molecule has 2 aliphatic rings. The molecule has 2 aromatic rings. The first-order valence-electron chi connectivity index (χ1n) is 10.3. The van der Waals surface area contributed by atoms with E-state index >= 15 is 0 Å². The fourth-order valence-corrected chi connectivity index (χ4v) is 6.50. The smallest absolute Gasteiger partial charge is 0.0783 e. The zero-order valence-electron chi connectivity index (χ0n) is 15.8. The van der Waals surface area contributed by atoms with Gasteiger partial charge in [0.1, 0.15) is 0 Å². The zero-order chi connectivity index (χ0) is 17.6. The van der Waals surface area contributed by atoms with Crippen LogP contribution in [0.4, 0.5) is 0 Å². The van der Waals surface area contributed by atoms with Crippen molar-refractivity contribution in [2.75, 3.05) is 0 Å². The van der Waals surface area contributed by atoms with Gasteiger partial charge in [-0.3, -0.25) is 0 Å². The summed E-state index contributed by atoms with van der Waals surface area (Å²) in [6.07, 6.45) is 13.6. The third kappa shape index (κ3) is 4.65. The lowest BCUT2D eigenvalue weighted by molar-refractivity contribution is 0.354. The van der Waals surface area contributed by atoms with Gasteiger partial charge in [-0.15, -0.1) is 0 Å². The van der Waals surface area contributed by atoms with Gasteiger partial charge in [-0.2, -0.15) is 0 Å². The minimum atomic E-state index is -0.306. The van der Waals surface area contributed by atoms with Gasteiger partial charge < -0.3 is 0 Å². The first-order chi connectivity index (χ1) is 12.9. The van der Waals surface area contributed by atoms with Crippen LogP contribution in [0.1, 0.15) is 50.5 Å². The van der Waals surface area contributed by atoms with Crippen LogP contribution in [0.25, 0.3) is 0 Å². The molecule has 0 N–H and O–H groups in total. The highest BCUT2D eigenvalue weighted by atomic mass is 28.2. The first-order valence-corrected chi connectivity index (χ1v) is 11.8. The standard InChI is InChI=1S/C25H30Si/c1-4-10-20(11-5-1)16-22-18-25(26-24-14-8-3-9-15-24)19-23(22)17-21-12-6-2-7-13-21/h1,3-5,8-11,14-15,18,21H,2,6-7,12-13,16-17,19,26H2. The van der Waals surface area contributed by atoms with E-state index in [0.717, 1.165) is 12.3 Å². The van der Waals surface area contributed by atoms with Crippen LogP contribution in [-0.4, -0.2) is 9.52 Å². The molecule has 26 heavy (non-hydrogen) atoms. The lowest BCUT2D eigenvalue weighted by atomic mass is 9.83. The van der Waals surface area contributed by atoms with Crippen LogP contribution in [0.3, 0.4) is 0 Å². The van der Waals surface area contributed by atoms with Crippen molar-refractivity contribution in [1.29, 1.82) is 0 Å². The molecule has 0 saturated heterocycles. The molecule has 0 aromatic heterocycles. The summed E-state index contributed by atoms with van der Waals surface area (Å²) >= 11 is 0. The van der Waals surface area contributed by atoms with E-state index in [1.807, 2.05) is 0 Å². The predicted molar refractivity (Wildman–Crippen MR) is 116 cm³/mol. The van der Waals surface area contributed by atoms with Crippen LogP contribution in [-0.2, 0) is 6.42 Å². The Kier molecular flexibility index (Phi) is 5.86. The molecule has 0 unspecified atom stereocenters. The van der Waals surface area contributed by atoms with Crippen LogP contribution < -0.4 is 5.19 Å². The monoisotopic (exact) mass is 358 g/mol. The maximum Gasteiger partial charge on any atom is 0.0828 e. The van der Waals surface area contributed by atoms with Crippen LogP contribution in [0.2, 0.25) is 0 Å². The molecule has 0 bridgehead atoms. The average Bonchev–Trinajstić information content (AvgIpc) is 3.05. The molecule has 1 heteroatoms. The van der Waals surface area contributed by atoms with E-state index in [-0.39, 0.29) is 9.52 Å².